The largest absolute Gasteiger partial charge is 0.449 e. The number of carbonyl (C=O) groups is 4. The highest BCUT2D eigenvalue weighted by Gasteiger charge is 2.32. The smallest absolute Gasteiger partial charge is 0.407 e. The van der Waals surface area contributed by atoms with Crippen LogP contribution < -0.4 is 27.0 Å². The number of rotatable bonds is 15. The first-order chi connectivity index (χ1) is 23.3. The average Bonchev–Trinajstić information content (AvgIpc) is 3.36. The van der Waals surface area contributed by atoms with Gasteiger partial charge in [-0.15, -0.1) is 0 Å². The van der Waals surface area contributed by atoms with Crippen molar-refractivity contribution in [3.8, 4) is 11.1 Å². The Morgan fingerprint density at radius 3 is 2.10 bits per heavy atom. The van der Waals surface area contributed by atoms with Gasteiger partial charge in [-0.3, -0.25) is 14.1 Å². The Morgan fingerprint density at radius 2 is 1.53 bits per heavy atom. The predicted octanol–water partition coefficient (Wildman–Crippen LogP) is 3.00. The van der Waals surface area contributed by atoms with Crippen molar-refractivity contribution in [3.63, 3.8) is 0 Å². The van der Waals surface area contributed by atoms with Crippen LogP contribution in [0.5, 0.6) is 0 Å². The van der Waals surface area contributed by atoms with Gasteiger partial charge in [0.05, 0.1) is 6.61 Å². The van der Waals surface area contributed by atoms with Crippen LogP contribution in [-0.2, 0) is 36.8 Å². The summed E-state index contributed by atoms with van der Waals surface area (Å²) >= 11 is 0. The van der Waals surface area contributed by atoms with E-state index >= 15 is 0 Å². The van der Waals surface area contributed by atoms with Crippen LogP contribution in [0.1, 0.15) is 54.9 Å². The number of hydrogen-bond donors (Lipinski definition) is 7. The molecule has 2 atom stereocenters. The Labute approximate surface area is 284 Å². The normalized spacial score (nSPS) is 13.5. The van der Waals surface area contributed by atoms with Crippen LogP contribution in [0.15, 0.2) is 66.7 Å². The lowest BCUT2D eigenvalue weighted by atomic mass is 9.98. The summed E-state index contributed by atoms with van der Waals surface area (Å²) in [6.45, 7) is 3.10. The molecular weight excluding hydrogens is 654 g/mol. The van der Waals surface area contributed by atoms with Gasteiger partial charge in [0.25, 0.3) is 10.1 Å². The van der Waals surface area contributed by atoms with Crippen LogP contribution in [0.25, 0.3) is 11.1 Å². The third-order valence-corrected chi connectivity index (χ3v) is 8.83. The van der Waals surface area contributed by atoms with E-state index in [1.54, 1.807) is 13.8 Å². The number of aliphatic hydroxyl groups excluding tert-OH is 1. The van der Waals surface area contributed by atoms with Crippen LogP contribution in [0.4, 0.5) is 15.3 Å². The number of ether oxygens (including phenoxy) is 1. The molecule has 0 aliphatic heterocycles. The molecule has 14 nitrogen and oxygen atoms in total. The Hall–Kier alpha value is -4.99. The third-order valence-electron chi connectivity index (χ3n) is 8.15. The molecule has 0 heterocycles. The molecular formula is C34H41N5O9S. The summed E-state index contributed by atoms with van der Waals surface area (Å²) in [5.41, 5.74) is 9.79. The molecule has 49 heavy (non-hydrogen) atoms. The Morgan fingerprint density at radius 1 is 0.898 bits per heavy atom. The van der Waals surface area contributed by atoms with Crippen molar-refractivity contribution in [1.82, 2.24) is 16.0 Å². The highest BCUT2D eigenvalue weighted by molar-refractivity contribution is 7.85. The van der Waals surface area contributed by atoms with E-state index in [1.807, 2.05) is 48.5 Å². The number of fused-ring (bicyclic) bond motifs is 3. The molecule has 0 radical (unpaired) electrons. The molecule has 262 valence electrons. The monoisotopic (exact) mass is 695 g/mol. The van der Waals surface area contributed by atoms with Crippen molar-refractivity contribution in [2.75, 3.05) is 18.5 Å². The molecule has 0 saturated carbocycles. The van der Waals surface area contributed by atoms with Crippen LogP contribution in [0, 0.1) is 5.92 Å². The summed E-state index contributed by atoms with van der Waals surface area (Å²) in [5.74, 6) is -2.71. The van der Waals surface area contributed by atoms with Gasteiger partial charge in [0, 0.05) is 18.2 Å². The predicted molar refractivity (Wildman–Crippen MR) is 182 cm³/mol. The summed E-state index contributed by atoms with van der Waals surface area (Å²) in [6, 6.07) is 16.9. The molecule has 0 bridgehead atoms. The first-order valence-corrected chi connectivity index (χ1v) is 17.3. The van der Waals surface area contributed by atoms with Crippen molar-refractivity contribution in [2.24, 2.45) is 11.7 Å². The standard InChI is InChI=1S/C34H41N5O9S/c1-20(2)30(39-34(44)48-18-28-26-10-5-3-8-24(26)25-9-4-6-11-27(25)28)32(42)38-29(12-7-15-36-33(35)43)31(41)37-23-14-13-21(17-40)22(16-23)19-49(45,46)47/h3-6,8-11,13-14,16,20,28-30,40H,7,12,15,17-19H2,1-2H3,(H,37,41)(H,38,42)(H,39,44)(H3,35,36,43)(H,45,46,47)/t29-,30?/m0/s1. The van der Waals surface area contributed by atoms with Crippen LogP contribution in [0.2, 0.25) is 0 Å². The van der Waals surface area contributed by atoms with Gasteiger partial charge in [0.1, 0.15) is 24.4 Å². The molecule has 0 fully saturated rings. The number of carbonyl (C=O) groups excluding carboxylic acids is 4. The molecule has 5 amide bonds. The molecule has 15 heteroatoms. The lowest BCUT2D eigenvalue weighted by molar-refractivity contribution is -0.128. The molecule has 8 N–H and O–H groups in total. The average molecular weight is 696 g/mol. The summed E-state index contributed by atoms with van der Waals surface area (Å²) in [6.07, 6.45) is -0.511. The minimum Gasteiger partial charge on any atom is -0.449 e. The van der Waals surface area contributed by atoms with Crippen LogP contribution in [0.3, 0.4) is 0 Å². The quantitative estimate of drug-likeness (QED) is 0.0915. The van der Waals surface area contributed by atoms with Gasteiger partial charge in [-0.25, -0.2) is 9.59 Å². The molecule has 1 aliphatic carbocycles. The molecule has 1 unspecified atom stereocenters. The Bertz CT molecular complexity index is 1750. The molecule has 4 rings (SSSR count). The van der Waals surface area contributed by atoms with E-state index in [0.29, 0.717) is 0 Å². The first kappa shape index (κ1) is 36.8. The second-order valence-electron chi connectivity index (χ2n) is 12.0. The maximum Gasteiger partial charge on any atom is 0.407 e. The molecule has 3 aromatic rings. The maximum absolute atomic E-state index is 13.5. The van der Waals surface area contributed by atoms with Gasteiger partial charge in [0.2, 0.25) is 11.8 Å². The van der Waals surface area contributed by atoms with Crippen molar-refractivity contribution < 1.29 is 42.0 Å². The van der Waals surface area contributed by atoms with Gasteiger partial charge < -0.3 is 36.8 Å². The number of aliphatic hydroxyl groups is 1. The van der Waals surface area contributed by atoms with E-state index in [1.165, 1.54) is 18.2 Å². The summed E-state index contributed by atoms with van der Waals surface area (Å²) in [4.78, 5) is 51.1. The number of nitrogens with two attached hydrogens (primary N) is 1. The minimum absolute atomic E-state index is 0.0405. The number of benzene rings is 3. The molecule has 1 aliphatic rings. The number of urea groups is 1. The number of primary amides is 1. The number of alkyl carbamates (subject to hydrolysis) is 1. The topological polar surface area (TPSA) is 226 Å². The molecule has 3 aromatic carbocycles. The van der Waals surface area contributed by atoms with Crippen LogP contribution in [-0.4, -0.2) is 67.3 Å². The maximum atomic E-state index is 13.5. The van der Waals surface area contributed by atoms with Gasteiger partial charge >= 0.3 is 12.1 Å². The van der Waals surface area contributed by atoms with E-state index in [-0.39, 0.29) is 48.7 Å². The lowest BCUT2D eigenvalue weighted by Crippen LogP contribution is -2.54. The van der Waals surface area contributed by atoms with Crippen molar-refractivity contribution in [2.45, 2.75) is 57.1 Å². The van der Waals surface area contributed by atoms with Crippen molar-refractivity contribution >= 4 is 39.7 Å². The van der Waals surface area contributed by atoms with E-state index in [2.05, 4.69) is 21.3 Å². The van der Waals surface area contributed by atoms with E-state index in [0.717, 1.165) is 22.3 Å². The number of nitrogens with one attached hydrogen (secondary N) is 4. The van der Waals surface area contributed by atoms with Crippen molar-refractivity contribution in [3.05, 3.63) is 89.0 Å². The zero-order chi connectivity index (χ0) is 35.7. The van der Waals surface area contributed by atoms with E-state index < -0.39 is 64.4 Å². The fourth-order valence-corrected chi connectivity index (χ4v) is 6.43. The summed E-state index contributed by atoms with van der Waals surface area (Å²) < 4.78 is 37.9. The third kappa shape index (κ3) is 10.0. The molecule has 0 aromatic heterocycles. The van der Waals surface area contributed by atoms with Gasteiger partial charge in [0.15, 0.2) is 0 Å². The van der Waals surface area contributed by atoms with Gasteiger partial charge in [-0.1, -0.05) is 68.4 Å². The summed E-state index contributed by atoms with van der Waals surface area (Å²) in [5, 5.41) is 19.9. The highest BCUT2D eigenvalue weighted by Crippen LogP contribution is 2.44. The van der Waals surface area contributed by atoms with E-state index in [4.69, 9.17) is 10.5 Å². The van der Waals surface area contributed by atoms with E-state index in [9.17, 15) is 37.3 Å². The SMILES string of the molecule is CC(C)C(NC(=O)OCC1c2ccccc2-c2ccccc21)C(=O)N[C@@H](CCCNC(N)=O)C(=O)Nc1ccc(CO)c(CS(=O)(=O)O)c1. The number of anilines is 1. The molecule has 0 spiro atoms. The molecule has 0 saturated heterocycles. The van der Waals surface area contributed by atoms with Gasteiger partial charge in [-0.05, 0) is 64.3 Å². The second-order valence-corrected chi connectivity index (χ2v) is 13.5. The zero-order valence-electron chi connectivity index (χ0n) is 27.1. The fourth-order valence-electron chi connectivity index (χ4n) is 5.77. The fraction of sp³-hybridized carbons (Fsp3) is 0.353. The Kier molecular flexibility index (Phi) is 12.3. The Balaban J connectivity index is 1.44. The first-order valence-electron chi connectivity index (χ1n) is 15.7. The number of hydrogen-bond acceptors (Lipinski definition) is 8. The van der Waals surface area contributed by atoms with Crippen molar-refractivity contribution in [1.29, 1.82) is 0 Å². The number of amides is 5. The second kappa shape index (κ2) is 16.4. The zero-order valence-corrected chi connectivity index (χ0v) is 28.0. The summed E-state index contributed by atoms with van der Waals surface area (Å²) in [7, 11) is -4.44. The van der Waals surface area contributed by atoms with Crippen LogP contribution >= 0.6 is 0 Å². The highest BCUT2D eigenvalue weighted by atomic mass is 32.2. The lowest BCUT2D eigenvalue weighted by Gasteiger charge is -2.25. The minimum atomic E-state index is -4.44. The van der Waals surface area contributed by atoms with Gasteiger partial charge in [-0.2, -0.15) is 8.42 Å².